The summed E-state index contributed by atoms with van der Waals surface area (Å²) in [5, 5.41) is 5.49. The van der Waals surface area contributed by atoms with Crippen LogP contribution in [0.15, 0.2) is 40.2 Å². The quantitative estimate of drug-likeness (QED) is 0.849. The molecule has 2 nitrogen and oxygen atoms in total. The molecule has 4 heteroatoms. The summed E-state index contributed by atoms with van der Waals surface area (Å²) in [7, 11) is 0. The Balaban J connectivity index is 1.87. The van der Waals surface area contributed by atoms with E-state index in [2.05, 4.69) is 44.8 Å². The lowest BCUT2D eigenvalue weighted by molar-refractivity contribution is 0.701. The predicted octanol–water partition coefficient (Wildman–Crippen LogP) is 3.38. The number of hydrogen-bond acceptors (Lipinski definition) is 3. The highest BCUT2D eigenvalue weighted by Gasteiger charge is 1.98. The van der Waals surface area contributed by atoms with Crippen molar-refractivity contribution in [2.24, 2.45) is 0 Å². The average molecular weight is 297 g/mol. The molecular formula is C12H13BrN2S. The zero-order valence-electron chi connectivity index (χ0n) is 8.74. The second kappa shape index (κ2) is 5.48. The smallest absolute Gasteiger partial charge is 0.0458 e. The lowest BCUT2D eigenvalue weighted by Crippen LogP contribution is -2.11. The molecule has 0 saturated heterocycles. The second-order valence-electron chi connectivity index (χ2n) is 3.54. The Labute approximate surface area is 108 Å². The number of benzene rings is 1. The minimum Gasteiger partial charge on any atom is -0.398 e. The first-order chi connectivity index (χ1) is 7.75. The van der Waals surface area contributed by atoms with E-state index in [1.165, 1.54) is 10.4 Å². The number of nitrogens with one attached hydrogen (secondary N) is 1. The molecule has 0 aliphatic heterocycles. The fraction of sp³-hybridized carbons (Fsp3) is 0.167. The van der Waals surface area contributed by atoms with Gasteiger partial charge in [0.15, 0.2) is 0 Å². The van der Waals surface area contributed by atoms with Gasteiger partial charge < -0.3 is 11.1 Å². The molecule has 84 valence electrons. The maximum atomic E-state index is 5.73. The van der Waals surface area contributed by atoms with Gasteiger partial charge in [-0.15, -0.1) is 11.3 Å². The normalized spacial score (nSPS) is 10.6. The Morgan fingerprint density at radius 1 is 1.25 bits per heavy atom. The Bertz CT molecular complexity index is 454. The first-order valence-corrected chi connectivity index (χ1v) is 6.70. The summed E-state index contributed by atoms with van der Waals surface area (Å²) in [5.41, 5.74) is 7.74. The van der Waals surface area contributed by atoms with Crippen molar-refractivity contribution >= 4 is 33.0 Å². The molecule has 0 atom stereocenters. The van der Waals surface area contributed by atoms with E-state index in [9.17, 15) is 0 Å². The van der Waals surface area contributed by atoms with Gasteiger partial charge in [-0.1, -0.05) is 12.1 Å². The van der Waals surface area contributed by atoms with Crippen molar-refractivity contribution in [1.29, 1.82) is 0 Å². The highest BCUT2D eigenvalue weighted by Crippen LogP contribution is 2.20. The van der Waals surface area contributed by atoms with Crippen molar-refractivity contribution in [3.05, 3.63) is 50.6 Å². The molecule has 1 aromatic carbocycles. The summed E-state index contributed by atoms with van der Waals surface area (Å²) in [6.07, 6.45) is 0. The van der Waals surface area contributed by atoms with Crippen LogP contribution in [-0.2, 0) is 13.1 Å². The molecule has 0 unspecified atom stereocenters. The van der Waals surface area contributed by atoms with Gasteiger partial charge in [-0.25, -0.2) is 0 Å². The molecule has 16 heavy (non-hydrogen) atoms. The van der Waals surface area contributed by atoms with Crippen LogP contribution in [-0.4, -0.2) is 0 Å². The van der Waals surface area contributed by atoms with Gasteiger partial charge in [0.1, 0.15) is 0 Å². The van der Waals surface area contributed by atoms with Gasteiger partial charge in [0.05, 0.1) is 0 Å². The van der Waals surface area contributed by atoms with Crippen molar-refractivity contribution in [2.45, 2.75) is 13.1 Å². The lowest BCUT2D eigenvalue weighted by atomic mass is 10.2. The summed E-state index contributed by atoms with van der Waals surface area (Å²) < 4.78 is 0.961. The molecule has 0 bridgehead atoms. The van der Waals surface area contributed by atoms with E-state index >= 15 is 0 Å². The van der Waals surface area contributed by atoms with Crippen LogP contribution in [0.3, 0.4) is 0 Å². The Kier molecular flexibility index (Phi) is 3.98. The topological polar surface area (TPSA) is 38.0 Å². The van der Waals surface area contributed by atoms with E-state index in [0.29, 0.717) is 0 Å². The Morgan fingerprint density at radius 2 is 2.12 bits per heavy atom. The van der Waals surface area contributed by atoms with Gasteiger partial charge in [-0.05, 0) is 45.1 Å². The molecule has 0 amide bonds. The molecule has 1 aromatic heterocycles. The number of thiophene rings is 1. The Morgan fingerprint density at radius 3 is 2.81 bits per heavy atom. The third-order valence-electron chi connectivity index (χ3n) is 2.27. The summed E-state index contributed by atoms with van der Waals surface area (Å²) in [6, 6.07) is 10.2. The number of nitrogens with two attached hydrogens (primary N) is 1. The summed E-state index contributed by atoms with van der Waals surface area (Å²) in [4.78, 5) is 1.36. The van der Waals surface area contributed by atoms with Crippen LogP contribution in [0.4, 0.5) is 5.69 Å². The molecular weight excluding hydrogens is 284 g/mol. The van der Waals surface area contributed by atoms with Crippen LogP contribution in [0, 0.1) is 0 Å². The van der Waals surface area contributed by atoms with Crippen LogP contribution in [0.25, 0.3) is 0 Å². The third kappa shape index (κ3) is 3.07. The highest BCUT2D eigenvalue weighted by atomic mass is 79.9. The maximum absolute atomic E-state index is 5.73. The minimum absolute atomic E-state index is 0.780. The largest absolute Gasteiger partial charge is 0.398 e. The van der Waals surface area contributed by atoms with E-state index in [4.69, 9.17) is 5.73 Å². The van der Waals surface area contributed by atoms with Gasteiger partial charge in [-0.3, -0.25) is 0 Å². The van der Waals surface area contributed by atoms with Crippen molar-refractivity contribution in [2.75, 3.05) is 5.73 Å². The molecule has 0 fully saturated rings. The van der Waals surface area contributed by atoms with E-state index in [-0.39, 0.29) is 0 Å². The second-order valence-corrected chi connectivity index (χ2v) is 5.43. The van der Waals surface area contributed by atoms with E-state index in [0.717, 1.165) is 23.2 Å². The first kappa shape index (κ1) is 11.6. The molecule has 0 aliphatic carbocycles. The van der Waals surface area contributed by atoms with Crippen LogP contribution in [0.2, 0.25) is 0 Å². The highest BCUT2D eigenvalue weighted by molar-refractivity contribution is 9.10. The number of halogens is 1. The van der Waals surface area contributed by atoms with Crippen molar-refractivity contribution < 1.29 is 0 Å². The van der Waals surface area contributed by atoms with Crippen LogP contribution in [0.1, 0.15) is 10.4 Å². The van der Waals surface area contributed by atoms with E-state index in [1.807, 2.05) is 12.1 Å². The molecule has 3 N–H and O–H groups in total. The van der Waals surface area contributed by atoms with Crippen LogP contribution < -0.4 is 11.1 Å². The predicted molar refractivity (Wildman–Crippen MR) is 73.4 cm³/mol. The molecule has 0 aliphatic rings. The fourth-order valence-corrected chi connectivity index (χ4v) is 2.52. The third-order valence-corrected chi connectivity index (χ3v) is 3.84. The molecule has 0 radical (unpaired) electrons. The van der Waals surface area contributed by atoms with Crippen molar-refractivity contribution in [3.8, 4) is 0 Å². The van der Waals surface area contributed by atoms with Gasteiger partial charge in [0, 0.05) is 28.1 Å². The van der Waals surface area contributed by atoms with E-state index in [1.54, 1.807) is 11.3 Å². The molecule has 2 aromatic rings. The van der Waals surface area contributed by atoms with Gasteiger partial charge in [0.25, 0.3) is 0 Å². The molecule has 0 saturated carbocycles. The van der Waals surface area contributed by atoms with Crippen molar-refractivity contribution in [3.63, 3.8) is 0 Å². The lowest BCUT2D eigenvalue weighted by Gasteiger charge is -2.05. The van der Waals surface area contributed by atoms with Crippen LogP contribution in [0.5, 0.6) is 0 Å². The monoisotopic (exact) mass is 296 g/mol. The summed E-state index contributed by atoms with van der Waals surface area (Å²) in [5.74, 6) is 0. The zero-order valence-corrected chi connectivity index (χ0v) is 11.1. The van der Waals surface area contributed by atoms with Crippen molar-refractivity contribution in [1.82, 2.24) is 5.32 Å². The Hall–Kier alpha value is -0.840. The summed E-state index contributed by atoms with van der Waals surface area (Å²) in [6.45, 7) is 1.77. The van der Waals surface area contributed by atoms with Crippen LogP contribution >= 0.6 is 27.3 Å². The van der Waals surface area contributed by atoms with Gasteiger partial charge in [-0.2, -0.15) is 0 Å². The molecule has 1 heterocycles. The molecule has 0 spiro atoms. The molecule has 2 rings (SSSR count). The fourth-order valence-electron chi connectivity index (χ4n) is 1.42. The zero-order chi connectivity index (χ0) is 11.4. The average Bonchev–Trinajstić information content (AvgIpc) is 2.76. The SMILES string of the molecule is Nc1ccc(CNCc2cccs2)cc1Br. The number of nitrogen functional groups attached to an aromatic ring is 1. The van der Waals surface area contributed by atoms with E-state index < -0.39 is 0 Å². The summed E-state index contributed by atoms with van der Waals surface area (Å²) >= 11 is 5.20. The standard InChI is InChI=1S/C12H13BrN2S/c13-11-6-9(3-4-12(11)14)7-15-8-10-2-1-5-16-10/h1-6,15H,7-8,14H2. The van der Waals surface area contributed by atoms with Gasteiger partial charge >= 0.3 is 0 Å². The first-order valence-electron chi connectivity index (χ1n) is 5.03. The number of hydrogen-bond donors (Lipinski definition) is 2. The van der Waals surface area contributed by atoms with Gasteiger partial charge in [0.2, 0.25) is 0 Å². The maximum Gasteiger partial charge on any atom is 0.0458 e. The number of rotatable bonds is 4. The number of anilines is 1. The minimum atomic E-state index is 0.780.